The van der Waals surface area contributed by atoms with Crippen molar-refractivity contribution in [2.75, 3.05) is 20.8 Å². The van der Waals surface area contributed by atoms with Crippen molar-refractivity contribution >= 4 is 23.4 Å². The molecule has 1 unspecified atom stereocenters. The summed E-state index contributed by atoms with van der Waals surface area (Å²) in [7, 11) is 2.92. The molecule has 1 aromatic heterocycles. The van der Waals surface area contributed by atoms with Gasteiger partial charge in [0.15, 0.2) is 16.3 Å². The predicted molar refractivity (Wildman–Crippen MR) is 131 cm³/mol. The van der Waals surface area contributed by atoms with Crippen molar-refractivity contribution < 1.29 is 19.0 Å². The van der Waals surface area contributed by atoms with Gasteiger partial charge in [0, 0.05) is 0 Å². The van der Waals surface area contributed by atoms with E-state index in [1.54, 1.807) is 24.7 Å². The van der Waals surface area contributed by atoms with Gasteiger partial charge in [-0.3, -0.25) is 9.36 Å². The van der Waals surface area contributed by atoms with Gasteiger partial charge in [0.05, 0.1) is 42.7 Å². The molecule has 2 aromatic carbocycles. The second-order valence-electron chi connectivity index (χ2n) is 7.74. The molecule has 34 heavy (non-hydrogen) atoms. The van der Waals surface area contributed by atoms with Crippen LogP contribution in [0.4, 0.5) is 0 Å². The Morgan fingerprint density at radius 1 is 1.15 bits per heavy atom. The quantitative estimate of drug-likeness (QED) is 0.488. The average Bonchev–Trinajstić information content (AvgIpc) is 3.16. The molecule has 0 radical (unpaired) electrons. The molecule has 0 fully saturated rings. The Bertz CT molecular complexity index is 1420. The third kappa shape index (κ3) is 4.41. The Morgan fingerprint density at radius 3 is 2.59 bits per heavy atom. The third-order valence-electron chi connectivity index (χ3n) is 5.49. The number of benzene rings is 2. The predicted octanol–water partition coefficient (Wildman–Crippen LogP) is 3.21. The molecule has 3 aromatic rings. The summed E-state index contributed by atoms with van der Waals surface area (Å²) in [6, 6.07) is 14.4. The Kier molecular flexibility index (Phi) is 6.98. The number of hydrogen-bond donors (Lipinski definition) is 0. The van der Waals surface area contributed by atoms with Gasteiger partial charge in [-0.15, -0.1) is 0 Å². The first kappa shape index (κ1) is 23.5. The number of aromatic nitrogens is 1. The molecule has 0 saturated carbocycles. The fraction of sp³-hybridized carbons (Fsp3) is 0.269. The molecule has 1 aliphatic heterocycles. The third-order valence-corrected chi connectivity index (χ3v) is 6.47. The Morgan fingerprint density at radius 2 is 1.91 bits per heavy atom. The Labute approximate surface area is 201 Å². The van der Waals surface area contributed by atoms with E-state index < -0.39 is 12.0 Å². The first-order valence-electron chi connectivity index (χ1n) is 10.9. The highest BCUT2D eigenvalue weighted by molar-refractivity contribution is 7.07. The van der Waals surface area contributed by atoms with Crippen LogP contribution in [0.15, 0.2) is 69.6 Å². The largest absolute Gasteiger partial charge is 0.493 e. The second kappa shape index (κ2) is 10.1. The highest BCUT2D eigenvalue weighted by Gasteiger charge is 2.32. The van der Waals surface area contributed by atoms with E-state index in [0.717, 1.165) is 17.5 Å². The van der Waals surface area contributed by atoms with E-state index in [2.05, 4.69) is 4.99 Å². The van der Waals surface area contributed by atoms with E-state index in [4.69, 9.17) is 14.2 Å². The van der Waals surface area contributed by atoms with Gasteiger partial charge in [-0.25, -0.2) is 9.79 Å². The molecule has 0 amide bonds. The van der Waals surface area contributed by atoms with Crippen molar-refractivity contribution in [3.05, 3.63) is 90.6 Å². The minimum absolute atomic E-state index is 0.225. The molecule has 4 rings (SSSR count). The summed E-state index contributed by atoms with van der Waals surface area (Å²) in [6.07, 6.45) is 2.69. The zero-order valence-corrected chi connectivity index (χ0v) is 20.3. The molecular weight excluding hydrogens is 452 g/mol. The number of methoxy groups -OCH3 is 2. The molecule has 0 N–H and O–H groups in total. The summed E-state index contributed by atoms with van der Waals surface area (Å²) in [6.45, 7) is 4.39. The topological polar surface area (TPSA) is 79.1 Å². The SMILES string of the molecule is CCCOc1ccc(/C=c2\sc3n(c2=O)C(c2ccccc2)C(C(=O)OC)=C(C)N=3)cc1OC. The van der Waals surface area contributed by atoms with Crippen molar-refractivity contribution in [3.63, 3.8) is 0 Å². The van der Waals surface area contributed by atoms with Crippen LogP contribution in [0.3, 0.4) is 0 Å². The van der Waals surface area contributed by atoms with Gasteiger partial charge in [0.2, 0.25) is 0 Å². The van der Waals surface area contributed by atoms with E-state index in [0.29, 0.717) is 38.7 Å². The monoisotopic (exact) mass is 478 g/mol. The lowest BCUT2D eigenvalue weighted by atomic mass is 9.96. The maximum Gasteiger partial charge on any atom is 0.338 e. The Balaban J connectivity index is 1.86. The number of allylic oxidation sites excluding steroid dienone is 1. The van der Waals surface area contributed by atoms with Gasteiger partial charge in [-0.1, -0.05) is 54.7 Å². The number of carbonyl (C=O) groups is 1. The van der Waals surface area contributed by atoms with Crippen LogP contribution >= 0.6 is 11.3 Å². The first-order valence-corrected chi connectivity index (χ1v) is 11.8. The Hall–Kier alpha value is -3.65. The van der Waals surface area contributed by atoms with E-state index in [1.165, 1.54) is 18.4 Å². The molecule has 0 spiro atoms. The smallest absolute Gasteiger partial charge is 0.338 e. The zero-order chi connectivity index (χ0) is 24.2. The van der Waals surface area contributed by atoms with Crippen LogP contribution in [0.1, 0.15) is 37.4 Å². The van der Waals surface area contributed by atoms with Crippen LogP contribution in [-0.4, -0.2) is 31.4 Å². The number of carbonyl (C=O) groups excluding carboxylic acids is 1. The lowest BCUT2D eigenvalue weighted by Gasteiger charge is -2.24. The summed E-state index contributed by atoms with van der Waals surface area (Å²) < 4.78 is 18.3. The summed E-state index contributed by atoms with van der Waals surface area (Å²) in [5.41, 5.74) is 2.27. The van der Waals surface area contributed by atoms with Crippen molar-refractivity contribution in [1.29, 1.82) is 0 Å². The zero-order valence-electron chi connectivity index (χ0n) is 19.5. The molecule has 7 nitrogen and oxygen atoms in total. The van der Waals surface area contributed by atoms with Crippen LogP contribution < -0.4 is 24.4 Å². The van der Waals surface area contributed by atoms with Crippen LogP contribution in [0.2, 0.25) is 0 Å². The van der Waals surface area contributed by atoms with Crippen molar-refractivity contribution in [3.8, 4) is 11.5 Å². The van der Waals surface area contributed by atoms with Crippen molar-refractivity contribution in [2.24, 2.45) is 4.99 Å². The molecule has 176 valence electrons. The van der Waals surface area contributed by atoms with Gasteiger partial charge in [0.25, 0.3) is 5.56 Å². The maximum atomic E-state index is 13.6. The van der Waals surface area contributed by atoms with Gasteiger partial charge in [-0.2, -0.15) is 0 Å². The maximum absolute atomic E-state index is 13.6. The molecule has 2 heterocycles. The summed E-state index contributed by atoms with van der Waals surface area (Å²) in [5.74, 6) is 0.753. The highest BCUT2D eigenvalue weighted by Crippen LogP contribution is 2.31. The molecule has 8 heteroatoms. The standard InChI is InChI=1S/C26H26N2O5S/c1-5-13-33-19-12-11-17(14-20(19)31-3)15-21-24(29)28-23(18-9-7-6-8-10-18)22(25(30)32-4)16(2)27-26(28)34-21/h6-12,14-15,23H,5,13H2,1-4H3/b21-15-. The number of thiazole rings is 1. The average molecular weight is 479 g/mol. The van der Waals surface area contributed by atoms with E-state index >= 15 is 0 Å². The molecular formula is C26H26N2O5S. The summed E-state index contributed by atoms with van der Waals surface area (Å²) in [4.78, 5) is 31.4. The number of nitrogens with zero attached hydrogens (tertiary/aromatic N) is 2. The lowest BCUT2D eigenvalue weighted by molar-refractivity contribution is -0.136. The van der Waals surface area contributed by atoms with Gasteiger partial charge < -0.3 is 14.2 Å². The number of hydrogen-bond acceptors (Lipinski definition) is 7. The van der Waals surface area contributed by atoms with E-state index in [9.17, 15) is 9.59 Å². The second-order valence-corrected chi connectivity index (χ2v) is 8.75. The fourth-order valence-corrected chi connectivity index (χ4v) is 4.95. The molecule has 0 saturated heterocycles. The summed E-state index contributed by atoms with van der Waals surface area (Å²) >= 11 is 1.28. The van der Waals surface area contributed by atoms with Crippen LogP contribution in [0.5, 0.6) is 11.5 Å². The number of ether oxygens (including phenoxy) is 3. The van der Waals surface area contributed by atoms with Crippen LogP contribution in [-0.2, 0) is 9.53 Å². The van der Waals surface area contributed by atoms with E-state index in [-0.39, 0.29) is 5.56 Å². The molecule has 0 bridgehead atoms. The first-order chi connectivity index (χ1) is 16.5. The van der Waals surface area contributed by atoms with E-state index in [1.807, 2.05) is 55.5 Å². The molecule has 0 aliphatic carbocycles. The highest BCUT2D eigenvalue weighted by atomic mass is 32.1. The number of esters is 1. The van der Waals surface area contributed by atoms with Gasteiger partial charge in [-0.05, 0) is 42.7 Å². The van der Waals surface area contributed by atoms with Crippen LogP contribution in [0, 0.1) is 0 Å². The van der Waals surface area contributed by atoms with Crippen LogP contribution in [0.25, 0.3) is 6.08 Å². The molecule has 1 atom stereocenters. The normalized spacial score (nSPS) is 15.5. The lowest BCUT2D eigenvalue weighted by Crippen LogP contribution is -2.39. The fourth-order valence-electron chi connectivity index (χ4n) is 3.90. The minimum Gasteiger partial charge on any atom is -0.493 e. The van der Waals surface area contributed by atoms with Crippen molar-refractivity contribution in [2.45, 2.75) is 26.3 Å². The van der Waals surface area contributed by atoms with Crippen molar-refractivity contribution in [1.82, 2.24) is 4.57 Å². The molecule has 1 aliphatic rings. The summed E-state index contributed by atoms with van der Waals surface area (Å²) in [5, 5.41) is 0. The van der Waals surface area contributed by atoms with Gasteiger partial charge in [0.1, 0.15) is 0 Å². The number of rotatable bonds is 7. The minimum atomic E-state index is -0.619. The van der Waals surface area contributed by atoms with Gasteiger partial charge >= 0.3 is 5.97 Å². The number of fused-ring (bicyclic) bond motifs is 1.